The Kier molecular flexibility index (Phi) is 9.82. The minimum Gasteiger partial charge on any atom is -0.463 e. The first-order valence-corrected chi connectivity index (χ1v) is 7.33. The van der Waals surface area contributed by atoms with Gasteiger partial charge in [0.25, 0.3) is 0 Å². The molecule has 0 fully saturated rings. The summed E-state index contributed by atoms with van der Waals surface area (Å²) in [7, 11) is -4.01. The number of ether oxygens (including phenoxy) is 1. The molecule has 0 atom stereocenters. The second-order valence-electron chi connectivity index (χ2n) is 3.46. The summed E-state index contributed by atoms with van der Waals surface area (Å²) in [6, 6.07) is 0. The molecule has 0 aromatic heterocycles. The first-order valence-electron chi connectivity index (χ1n) is 5.54. The number of unbranched alkanes of at least 4 members (excludes halogenated alkanes) is 2. The van der Waals surface area contributed by atoms with Crippen LogP contribution in [-0.2, 0) is 23.9 Å². The fourth-order valence-corrected chi connectivity index (χ4v) is 1.26. The van der Waals surface area contributed by atoms with E-state index in [0.717, 1.165) is 12.5 Å². The van der Waals surface area contributed by atoms with Crippen LogP contribution in [-0.4, -0.2) is 41.7 Å². The van der Waals surface area contributed by atoms with E-state index in [1.165, 1.54) is 0 Å². The van der Waals surface area contributed by atoms with Crippen molar-refractivity contribution in [3.63, 3.8) is 0 Å². The van der Waals surface area contributed by atoms with Gasteiger partial charge in [-0.15, -0.1) is 0 Å². The largest absolute Gasteiger partial charge is 0.463 e. The van der Waals surface area contributed by atoms with Crippen LogP contribution in [0.5, 0.6) is 0 Å². The molecule has 0 spiro atoms. The van der Waals surface area contributed by atoms with E-state index in [1.807, 2.05) is 0 Å². The van der Waals surface area contributed by atoms with Crippen molar-refractivity contribution in [2.75, 3.05) is 26.0 Å². The zero-order valence-electron chi connectivity index (χ0n) is 10.1. The third-order valence-electron chi connectivity index (χ3n) is 1.83. The molecule has 8 heteroatoms. The van der Waals surface area contributed by atoms with Crippen molar-refractivity contribution in [1.82, 2.24) is 0 Å². The molecule has 0 rings (SSSR count). The monoisotopic (exact) mass is 282 g/mol. The minimum atomic E-state index is -4.01. The van der Waals surface area contributed by atoms with E-state index in [1.54, 1.807) is 0 Å². The molecule has 0 unspecified atom stereocenters. The third kappa shape index (κ3) is 13.3. The highest BCUT2D eigenvalue weighted by atomic mass is 31.2. The Balaban J connectivity index is 3.15. The van der Waals surface area contributed by atoms with Crippen LogP contribution in [0.4, 0.5) is 0 Å². The second kappa shape index (κ2) is 10.2. The van der Waals surface area contributed by atoms with Gasteiger partial charge in [-0.2, -0.15) is 0 Å². The second-order valence-corrected chi connectivity index (χ2v) is 5.24. The minimum absolute atomic E-state index is 0.138. The number of hydrogen-bond donors (Lipinski definition) is 2. The van der Waals surface area contributed by atoms with E-state index in [4.69, 9.17) is 19.4 Å². The van der Waals surface area contributed by atoms with Crippen molar-refractivity contribution in [3.8, 4) is 0 Å². The van der Waals surface area contributed by atoms with Gasteiger partial charge < -0.3 is 14.5 Å². The molecule has 0 aromatic carbocycles. The predicted molar refractivity (Wildman–Crippen MR) is 63.8 cm³/mol. The molecular formula is C10H19O7P. The third-order valence-corrected chi connectivity index (χ3v) is 2.60. The average molecular weight is 282 g/mol. The van der Waals surface area contributed by atoms with Gasteiger partial charge in [0, 0.05) is 6.08 Å². The highest BCUT2D eigenvalue weighted by Gasteiger charge is 2.11. The van der Waals surface area contributed by atoms with Gasteiger partial charge in [-0.05, 0) is 19.3 Å². The Labute approximate surface area is 106 Å². The standard InChI is InChI=1S/C10H19O7P/c1-2-10(11)15-6-4-3-5-7-16-17-8-9-18(12,13)14/h2H,1,3-9H2,(H2,12,13,14). The van der Waals surface area contributed by atoms with Crippen molar-refractivity contribution in [2.24, 2.45) is 0 Å². The number of hydrogen-bond acceptors (Lipinski definition) is 5. The molecule has 0 saturated carbocycles. The lowest BCUT2D eigenvalue weighted by atomic mass is 10.2. The molecule has 7 nitrogen and oxygen atoms in total. The van der Waals surface area contributed by atoms with Crippen molar-refractivity contribution < 1.29 is 33.7 Å². The molecule has 18 heavy (non-hydrogen) atoms. The Morgan fingerprint density at radius 2 is 1.72 bits per heavy atom. The Hall–Kier alpha value is -0.720. The first-order chi connectivity index (χ1) is 8.45. The summed E-state index contributed by atoms with van der Waals surface area (Å²) in [5, 5.41) is 0. The highest BCUT2D eigenvalue weighted by Crippen LogP contribution is 2.33. The Bertz CT molecular complexity index is 286. The average Bonchev–Trinajstić information content (AvgIpc) is 2.29. The fraction of sp³-hybridized carbons (Fsp3) is 0.700. The molecule has 0 bridgehead atoms. The summed E-state index contributed by atoms with van der Waals surface area (Å²) < 4.78 is 15.2. The Morgan fingerprint density at radius 1 is 1.11 bits per heavy atom. The van der Waals surface area contributed by atoms with Crippen LogP contribution in [0.25, 0.3) is 0 Å². The van der Waals surface area contributed by atoms with Gasteiger partial charge in [0.2, 0.25) is 0 Å². The van der Waals surface area contributed by atoms with E-state index in [-0.39, 0.29) is 12.8 Å². The van der Waals surface area contributed by atoms with Gasteiger partial charge in [-0.1, -0.05) is 6.58 Å². The number of esters is 1. The smallest absolute Gasteiger partial charge is 0.330 e. The number of carbonyl (C=O) groups is 1. The number of carbonyl (C=O) groups excluding carboxylic acids is 1. The van der Waals surface area contributed by atoms with Crippen LogP contribution in [0.1, 0.15) is 19.3 Å². The van der Waals surface area contributed by atoms with Crippen LogP contribution < -0.4 is 0 Å². The van der Waals surface area contributed by atoms with Crippen LogP contribution >= 0.6 is 7.60 Å². The summed E-state index contributed by atoms with van der Waals surface area (Å²) in [5.74, 6) is -0.438. The van der Waals surface area contributed by atoms with Crippen LogP contribution in [0.3, 0.4) is 0 Å². The predicted octanol–water partition coefficient (Wildman–Crippen LogP) is 1.01. The van der Waals surface area contributed by atoms with Crippen LogP contribution in [0.2, 0.25) is 0 Å². The van der Waals surface area contributed by atoms with Gasteiger partial charge in [0.15, 0.2) is 0 Å². The lowest BCUT2D eigenvalue weighted by Crippen LogP contribution is -2.04. The summed E-state index contributed by atoms with van der Waals surface area (Å²) in [6.45, 7) is 3.80. The molecular weight excluding hydrogens is 263 g/mol. The molecule has 0 radical (unpaired) electrons. The van der Waals surface area contributed by atoms with E-state index < -0.39 is 13.6 Å². The molecule has 106 valence electrons. The summed E-state index contributed by atoms with van der Waals surface area (Å²) in [5.41, 5.74) is 0. The lowest BCUT2D eigenvalue weighted by molar-refractivity contribution is -0.291. The van der Waals surface area contributed by atoms with E-state index >= 15 is 0 Å². The highest BCUT2D eigenvalue weighted by molar-refractivity contribution is 7.51. The molecule has 0 saturated heterocycles. The lowest BCUT2D eigenvalue weighted by Gasteiger charge is -2.05. The topological polar surface area (TPSA) is 102 Å². The van der Waals surface area contributed by atoms with Crippen molar-refractivity contribution in [2.45, 2.75) is 19.3 Å². The molecule has 0 aliphatic carbocycles. The summed E-state index contributed by atoms with van der Waals surface area (Å²) in [6.07, 6.45) is 2.97. The SMILES string of the molecule is C=CC(=O)OCCCCCOOCCP(=O)(O)O. The van der Waals surface area contributed by atoms with Crippen molar-refractivity contribution >= 4 is 13.6 Å². The van der Waals surface area contributed by atoms with E-state index in [0.29, 0.717) is 26.1 Å². The van der Waals surface area contributed by atoms with Crippen LogP contribution in [0, 0.1) is 0 Å². The maximum Gasteiger partial charge on any atom is 0.330 e. The van der Waals surface area contributed by atoms with Gasteiger partial charge in [0.1, 0.15) is 0 Å². The molecule has 0 amide bonds. The molecule has 0 aliphatic rings. The van der Waals surface area contributed by atoms with Gasteiger partial charge in [-0.3, -0.25) is 4.57 Å². The van der Waals surface area contributed by atoms with Gasteiger partial charge in [0.05, 0.1) is 26.0 Å². The normalized spacial score (nSPS) is 11.2. The van der Waals surface area contributed by atoms with E-state index in [2.05, 4.69) is 11.5 Å². The maximum atomic E-state index is 10.7. The van der Waals surface area contributed by atoms with Gasteiger partial charge in [-0.25, -0.2) is 14.6 Å². The molecule has 0 aliphatic heterocycles. The van der Waals surface area contributed by atoms with E-state index in [9.17, 15) is 9.36 Å². The maximum absolute atomic E-state index is 10.7. The van der Waals surface area contributed by atoms with Crippen molar-refractivity contribution in [1.29, 1.82) is 0 Å². The Morgan fingerprint density at radius 3 is 2.33 bits per heavy atom. The van der Waals surface area contributed by atoms with Crippen LogP contribution in [0.15, 0.2) is 12.7 Å². The summed E-state index contributed by atoms with van der Waals surface area (Å²) >= 11 is 0. The number of rotatable bonds is 11. The first kappa shape index (κ1) is 17.3. The molecule has 0 aromatic rings. The quantitative estimate of drug-likeness (QED) is 0.146. The summed E-state index contributed by atoms with van der Waals surface area (Å²) in [4.78, 5) is 37.0. The van der Waals surface area contributed by atoms with Crippen molar-refractivity contribution in [3.05, 3.63) is 12.7 Å². The fourth-order valence-electron chi connectivity index (χ4n) is 0.946. The zero-order valence-corrected chi connectivity index (χ0v) is 11.0. The molecule has 0 heterocycles. The van der Waals surface area contributed by atoms with Gasteiger partial charge >= 0.3 is 13.6 Å². The zero-order chi connectivity index (χ0) is 13.9. The molecule has 2 N–H and O–H groups in total.